The van der Waals surface area contributed by atoms with E-state index in [4.69, 9.17) is 16.3 Å². The Labute approximate surface area is 203 Å². The van der Waals surface area contributed by atoms with Crippen LogP contribution in [0.4, 0.5) is 11.5 Å². The second-order valence-corrected chi connectivity index (χ2v) is 8.89. The maximum Gasteiger partial charge on any atom is 0.274 e. The highest BCUT2D eigenvalue weighted by molar-refractivity contribution is 6.30. The fourth-order valence-corrected chi connectivity index (χ4v) is 4.61. The summed E-state index contributed by atoms with van der Waals surface area (Å²) in [5.41, 5.74) is 2.98. The molecule has 0 N–H and O–H groups in total. The second kappa shape index (κ2) is 9.35. The number of rotatable bonds is 4. The summed E-state index contributed by atoms with van der Waals surface area (Å²) in [5, 5.41) is 0.698. The molecule has 2 amide bonds. The average Bonchev–Trinajstić information content (AvgIpc) is 2.87. The highest BCUT2D eigenvalue weighted by Crippen LogP contribution is 2.37. The summed E-state index contributed by atoms with van der Waals surface area (Å²) in [5.74, 6) is 0.464. The van der Waals surface area contributed by atoms with Crippen LogP contribution >= 0.6 is 11.6 Å². The van der Waals surface area contributed by atoms with E-state index < -0.39 is 6.10 Å². The van der Waals surface area contributed by atoms with E-state index in [-0.39, 0.29) is 18.4 Å². The molecule has 1 fully saturated rings. The van der Waals surface area contributed by atoms with Gasteiger partial charge in [0.15, 0.2) is 11.6 Å². The monoisotopic (exact) mass is 476 g/mol. The molecular weight excluding hydrogens is 452 g/mol. The van der Waals surface area contributed by atoms with Gasteiger partial charge in [0.25, 0.3) is 5.91 Å². The predicted octanol–water partition coefficient (Wildman–Crippen LogP) is 3.86. The van der Waals surface area contributed by atoms with Crippen molar-refractivity contribution < 1.29 is 14.3 Å². The molecule has 0 bridgehead atoms. The number of nitrogens with zero attached hydrogens (tertiary/aromatic N) is 4. The van der Waals surface area contributed by atoms with Crippen LogP contribution in [0.2, 0.25) is 5.02 Å². The molecule has 34 heavy (non-hydrogen) atoms. The number of aromatic nitrogens is 1. The zero-order valence-electron chi connectivity index (χ0n) is 18.9. The fraction of sp³-hybridized carbons (Fsp3) is 0.269. The highest BCUT2D eigenvalue weighted by Gasteiger charge is 2.38. The Bertz CT molecular complexity index is 1210. The summed E-state index contributed by atoms with van der Waals surface area (Å²) in [6, 6.07) is 18.7. The lowest BCUT2D eigenvalue weighted by atomic mass is 10.1. The Morgan fingerprint density at radius 2 is 1.82 bits per heavy atom. The van der Waals surface area contributed by atoms with Crippen molar-refractivity contribution in [3.63, 3.8) is 0 Å². The van der Waals surface area contributed by atoms with Crippen LogP contribution in [0, 0.1) is 6.92 Å². The van der Waals surface area contributed by atoms with Gasteiger partial charge in [-0.2, -0.15) is 0 Å². The molecular formula is C26H25ClN4O3. The Hall–Kier alpha value is -3.58. The van der Waals surface area contributed by atoms with Crippen molar-refractivity contribution in [2.24, 2.45) is 0 Å². The molecule has 5 rings (SSSR count). The predicted molar refractivity (Wildman–Crippen MR) is 131 cm³/mol. The SMILES string of the molecule is Cc1ccc(Cl)cc1N1CCN(C(=O)CN2C(=O)[C@@H](c3ccccc3)Oc3cccnc32)CC1. The molecule has 1 saturated heterocycles. The molecule has 3 aromatic rings. The van der Waals surface area contributed by atoms with Gasteiger partial charge in [0.2, 0.25) is 12.0 Å². The molecule has 0 unspecified atom stereocenters. The zero-order valence-corrected chi connectivity index (χ0v) is 19.6. The molecule has 1 atom stereocenters. The number of piperazine rings is 1. The number of fused-ring (bicyclic) bond motifs is 1. The summed E-state index contributed by atoms with van der Waals surface area (Å²) in [4.78, 5) is 36.5. The topological polar surface area (TPSA) is 66.0 Å². The Kier molecular flexibility index (Phi) is 6.11. The maximum absolute atomic E-state index is 13.4. The minimum atomic E-state index is -0.812. The summed E-state index contributed by atoms with van der Waals surface area (Å²) in [6.07, 6.45) is 0.787. The summed E-state index contributed by atoms with van der Waals surface area (Å²) < 4.78 is 5.98. The van der Waals surface area contributed by atoms with E-state index in [2.05, 4.69) is 16.8 Å². The number of carbonyl (C=O) groups is 2. The third-order valence-corrected chi connectivity index (χ3v) is 6.52. The van der Waals surface area contributed by atoms with Gasteiger partial charge in [-0.15, -0.1) is 0 Å². The molecule has 8 heteroatoms. The highest BCUT2D eigenvalue weighted by atomic mass is 35.5. The number of hydrogen-bond acceptors (Lipinski definition) is 5. The Morgan fingerprint density at radius 3 is 2.59 bits per heavy atom. The van der Waals surface area contributed by atoms with Crippen molar-refractivity contribution >= 4 is 34.9 Å². The van der Waals surface area contributed by atoms with E-state index in [0.717, 1.165) is 16.8 Å². The van der Waals surface area contributed by atoms with Crippen molar-refractivity contribution in [1.29, 1.82) is 0 Å². The second-order valence-electron chi connectivity index (χ2n) is 8.46. The molecule has 1 aromatic heterocycles. The molecule has 2 aromatic carbocycles. The van der Waals surface area contributed by atoms with Crippen molar-refractivity contribution in [2.45, 2.75) is 13.0 Å². The molecule has 174 valence electrons. The first kappa shape index (κ1) is 22.2. The van der Waals surface area contributed by atoms with Gasteiger partial charge in [-0.3, -0.25) is 14.5 Å². The molecule has 2 aliphatic heterocycles. The largest absolute Gasteiger partial charge is 0.472 e. The maximum atomic E-state index is 13.4. The first-order valence-corrected chi connectivity index (χ1v) is 11.7. The van der Waals surface area contributed by atoms with Crippen LogP contribution < -0.4 is 14.5 Å². The standard InChI is InChI=1S/C26H25ClN4O3/c1-18-9-10-20(27)16-21(18)29-12-14-30(15-13-29)23(32)17-31-25-22(8-5-11-28-25)34-24(26(31)33)19-6-3-2-4-7-19/h2-11,16,24H,12-15,17H2,1H3/t24-/m1/s1. The number of aryl methyl sites for hydroxylation is 1. The number of anilines is 2. The number of halogens is 1. The molecule has 3 heterocycles. The number of amides is 2. The van der Waals surface area contributed by atoms with Gasteiger partial charge in [0, 0.05) is 48.6 Å². The third kappa shape index (κ3) is 4.31. The summed E-state index contributed by atoms with van der Waals surface area (Å²) in [7, 11) is 0. The summed E-state index contributed by atoms with van der Waals surface area (Å²) >= 11 is 6.19. The summed E-state index contributed by atoms with van der Waals surface area (Å²) in [6.45, 7) is 4.52. The van der Waals surface area contributed by atoms with Gasteiger partial charge in [0.05, 0.1) is 0 Å². The van der Waals surface area contributed by atoms with Gasteiger partial charge >= 0.3 is 0 Å². The molecule has 2 aliphatic rings. The lowest BCUT2D eigenvalue weighted by molar-refractivity contribution is -0.133. The van der Waals surface area contributed by atoms with Crippen LogP contribution in [0.1, 0.15) is 17.2 Å². The van der Waals surface area contributed by atoms with E-state index in [1.807, 2.05) is 48.5 Å². The van der Waals surface area contributed by atoms with Crippen LogP contribution in [-0.2, 0) is 9.59 Å². The van der Waals surface area contributed by atoms with Crippen LogP contribution in [-0.4, -0.2) is 54.4 Å². The van der Waals surface area contributed by atoms with E-state index in [9.17, 15) is 9.59 Å². The average molecular weight is 477 g/mol. The number of hydrogen-bond donors (Lipinski definition) is 0. The van der Waals surface area contributed by atoms with Crippen LogP contribution in [0.15, 0.2) is 66.9 Å². The van der Waals surface area contributed by atoms with Crippen LogP contribution in [0.25, 0.3) is 0 Å². The number of carbonyl (C=O) groups excluding carboxylic acids is 2. The Morgan fingerprint density at radius 1 is 1.06 bits per heavy atom. The van der Waals surface area contributed by atoms with Crippen molar-refractivity contribution in [1.82, 2.24) is 9.88 Å². The van der Waals surface area contributed by atoms with Crippen LogP contribution in [0.3, 0.4) is 0 Å². The minimum Gasteiger partial charge on any atom is -0.472 e. The number of ether oxygens (including phenoxy) is 1. The minimum absolute atomic E-state index is 0.0776. The van der Waals surface area contributed by atoms with Gasteiger partial charge in [-0.1, -0.05) is 48.0 Å². The van der Waals surface area contributed by atoms with Crippen molar-refractivity contribution in [2.75, 3.05) is 42.5 Å². The lowest BCUT2D eigenvalue weighted by Crippen LogP contribution is -2.53. The molecule has 0 saturated carbocycles. The van der Waals surface area contributed by atoms with Crippen molar-refractivity contribution in [3.05, 3.63) is 83.0 Å². The van der Waals surface area contributed by atoms with Gasteiger partial charge in [-0.05, 0) is 36.8 Å². The van der Waals surface area contributed by atoms with Crippen molar-refractivity contribution in [3.8, 4) is 5.75 Å². The van der Waals surface area contributed by atoms with E-state index in [1.165, 1.54) is 4.90 Å². The smallest absolute Gasteiger partial charge is 0.274 e. The lowest BCUT2D eigenvalue weighted by Gasteiger charge is -2.38. The third-order valence-electron chi connectivity index (χ3n) is 6.28. The molecule has 0 spiro atoms. The van der Waals surface area contributed by atoms with Gasteiger partial charge in [0.1, 0.15) is 6.54 Å². The molecule has 0 aliphatic carbocycles. The normalized spacial score (nSPS) is 17.9. The number of pyridine rings is 1. The van der Waals surface area contributed by atoms with Gasteiger partial charge < -0.3 is 14.5 Å². The van der Waals surface area contributed by atoms with E-state index in [0.29, 0.717) is 42.8 Å². The van der Waals surface area contributed by atoms with Crippen LogP contribution in [0.5, 0.6) is 5.75 Å². The zero-order chi connectivity index (χ0) is 23.7. The number of benzene rings is 2. The van der Waals surface area contributed by atoms with Gasteiger partial charge in [-0.25, -0.2) is 4.98 Å². The Balaban J connectivity index is 1.31. The fourth-order valence-electron chi connectivity index (χ4n) is 4.45. The first-order valence-electron chi connectivity index (χ1n) is 11.3. The molecule has 0 radical (unpaired) electrons. The van der Waals surface area contributed by atoms with E-state index >= 15 is 0 Å². The quantitative estimate of drug-likeness (QED) is 0.572. The molecule has 7 nitrogen and oxygen atoms in total. The first-order chi connectivity index (χ1) is 16.5. The van der Waals surface area contributed by atoms with E-state index in [1.54, 1.807) is 23.2 Å².